The van der Waals surface area contributed by atoms with Crippen LogP contribution in [0.2, 0.25) is 0 Å². The average Bonchev–Trinajstić information content (AvgIpc) is 3.32. The summed E-state index contributed by atoms with van der Waals surface area (Å²) in [6.45, 7) is 1.12. The molecule has 3 amide bonds. The van der Waals surface area contributed by atoms with E-state index in [0.717, 1.165) is 31.4 Å². The molecule has 0 spiro atoms. The molecule has 1 saturated carbocycles. The van der Waals surface area contributed by atoms with E-state index in [4.69, 9.17) is 0 Å². The van der Waals surface area contributed by atoms with E-state index in [0.29, 0.717) is 12.1 Å². The molecule has 1 aliphatic heterocycles. The fourth-order valence-corrected chi connectivity index (χ4v) is 3.56. The number of hydrogen-bond donors (Lipinski definition) is 2. The lowest BCUT2D eigenvalue weighted by atomic mass is 10.0. The van der Waals surface area contributed by atoms with Gasteiger partial charge in [-0.25, -0.2) is 0 Å². The van der Waals surface area contributed by atoms with Crippen LogP contribution in [0.15, 0.2) is 42.7 Å². The number of rotatable bonds is 8. The molecule has 2 aliphatic rings. The fourth-order valence-electron chi connectivity index (χ4n) is 3.56. The van der Waals surface area contributed by atoms with Gasteiger partial charge in [-0.3, -0.25) is 19.1 Å². The van der Waals surface area contributed by atoms with Crippen LogP contribution in [-0.4, -0.2) is 51.5 Å². The van der Waals surface area contributed by atoms with Gasteiger partial charge in [0, 0.05) is 37.1 Å². The van der Waals surface area contributed by atoms with Crippen molar-refractivity contribution in [2.24, 2.45) is 0 Å². The normalized spacial score (nSPS) is 18.1. The lowest BCUT2D eigenvalue weighted by molar-refractivity contribution is -0.129. The van der Waals surface area contributed by atoms with Crippen LogP contribution in [0.4, 0.5) is 0 Å². The molecule has 1 atom stereocenters. The molecule has 1 aromatic carbocycles. The Bertz CT molecular complexity index is 876. The van der Waals surface area contributed by atoms with Crippen molar-refractivity contribution < 1.29 is 14.4 Å². The van der Waals surface area contributed by atoms with E-state index in [1.165, 1.54) is 0 Å². The number of amides is 3. The largest absolute Gasteiger partial charge is 0.355 e. The van der Waals surface area contributed by atoms with Crippen molar-refractivity contribution in [3.8, 4) is 0 Å². The lowest BCUT2D eigenvalue weighted by Gasteiger charge is -2.24. The van der Waals surface area contributed by atoms with Crippen molar-refractivity contribution in [2.75, 3.05) is 13.1 Å². The molecule has 0 bridgehead atoms. The van der Waals surface area contributed by atoms with Gasteiger partial charge in [0.25, 0.3) is 5.91 Å². The zero-order valence-electron chi connectivity index (χ0n) is 15.5. The average molecular weight is 381 g/mol. The molecular weight excluding hydrogens is 358 g/mol. The molecule has 2 heterocycles. The van der Waals surface area contributed by atoms with Crippen LogP contribution < -0.4 is 10.6 Å². The van der Waals surface area contributed by atoms with Gasteiger partial charge >= 0.3 is 0 Å². The molecule has 1 unspecified atom stereocenters. The smallest absolute Gasteiger partial charge is 0.255 e. The van der Waals surface area contributed by atoms with Crippen molar-refractivity contribution in [1.29, 1.82) is 0 Å². The van der Waals surface area contributed by atoms with Gasteiger partial charge in [-0.15, -0.1) is 0 Å². The van der Waals surface area contributed by atoms with Crippen LogP contribution in [0, 0.1) is 0 Å². The maximum Gasteiger partial charge on any atom is 0.255 e. The van der Waals surface area contributed by atoms with Crippen molar-refractivity contribution >= 4 is 17.7 Å². The Kier molecular flexibility index (Phi) is 5.10. The topological polar surface area (TPSA) is 96.3 Å². The predicted molar refractivity (Wildman–Crippen MR) is 101 cm³/mol. The van der Waals surface area contributed by atoms with Crippen LogP contribution in [-0.2, 0) is 16.1 Å². The highest BCUT2D eigenvalue weighted by Gasteiger charge is 2.47. The Morgan fingerprint density at radius 2 is 1.96 bits per heavy atom. The summed E-state index contributed by atoms with van der Waals surface area (Å²) in [6.07, 6.45) is 6.17. The molecule has 0 radical (unpaired) electrons. The van der Waals surface area contributed by atoms with Crippen LogP contribution >= 0.6 is 0 Å². The second-order valence-corrected chi connectivity index (χ2v) is 7.12. The van der Waals surface area contributed by atoms with Gasteiger partial charge < -0.3 is 15.5 Å². The highest BCUT2D eigenvalue weighted by molar-refractivity contribution is 6.05. The van der Waals surface area contributed by atoms with E-state index >= 15 is 0 Å². The summed E-state index contributed by atoms with van der Waals surface area (Å²) < 4.78 is 1.80. The molecule has 2 aromatic rings. The number of hydrogen-bond acceptors (Lipinski definition) is 4. The minimum absolute atomic E-state index is 0.0960. The summed E-state index contributed by atoms with van der Waals surface area (Å²) in [5, 5.41) is 9.58. The maximum atomic E-state index is 12.8. The molecule has 8 heteroatoms. The summed E-state index contributed by atoms with van der Waals surface area (Å²) in [5.41, 5.74) is 1.30. The van der Waals surface area contributed by atoms with Crippen LogP contribution in [0.1, 0.15) is 41.2 Å². The molecule has 2 N–H and O–H groups in total. The Morgan fingerprint density at radius 1 is 1.14 bits per heavy atom. The number of fused-ring (bicyclic) bond motifs is 1. The van der Waals surface area contributed by atoms with E-state index in [1.807, 2.05) is 24.4 Å². The first-order chi connectivity index (χ1) is 13.6. The van der Waals surface area contributed by atoms with Gasteiger partial charge in [-0.2, -0.15) is 5.10 Å². The molecule has 146 valence electrons. The Hall–Kier alpha value is -3.16. The van der Waals surface area contributed by atoms with Gasteiger partial charge in [0.2, 0.25) is 11.8 Å². The van der Waals surface area contributed by atoms with E-state index in [1.54, 1.807) is 27.9 Å². The van der Waals surface area contributed by atoms with E-state index in [9.17, 15) is 14.4 Å². The maximum absolute atomic E-state index is 12.8. The second-order valence-electron chi connectivity index (χ2n) is 7.12. The summed E-state index contributed by atoms with van der Waals surface area (Å²) in [4.78, 5) is 39.2. The molecular formula is C20H23N5O3. The Labute approximate surface area is 162 Å². The number of aryl methyl sites for hydroxylation is 1. The van der Waals surface area contributed by atoms with E-state index in [2.05, 4.69) is 15.7 Å². The van der Waals surface area contributed by atoms with E-state index < -0.39 is 6.04 Å². The third kappa shape index (κ3) is 3.76. The van der Waals surface area contributed by atoms with Crippen molar-refractivity contribution in [3.63, 3.8) is 0 Å². The quantitative estimate of drug-likeness (QED) is 0.663. The molecule has 8 nitrogen and oxygen atoms in total. The van der Waals surface area contributed by atoms with E-state index in [-0.39, 0.29) is 30.3 Å². The molecule has 1 aliphatic carbocycles. The second kappa shape index (κ2) is 7.84. The van der Waals surface area contributed by atoms with Crippen molar-refractivity contribution in [1.82, 2.24) is 25.3 Å². The highest BCUT2D eigenvalue weighted by atomic mass is 16.2. The number of carbonyl (C=O) groups excluding carboxylic acids is 3. The number of nitrogens with one attached hydrogen (secondary N) is 2. The predicted octanol–water partition coefficient (Wildman–Crippen LogP) is 0.865. The monoisotopic (exact) mass is 381 g/mol. The van der Waals surface area contributed by atoms with Gasteiger partial charge in [-0.05, 0) is 37.0 Å². The lowest BCUT2D eigenvalue weighted by Crippen LogP contribution is -2.44. The van der Waals surface area contributed by atoms with Gasteiger partial charge in [0.05, 0.1) is 6.54 Å². The van der Waals surface area contributed by atoms with Crippen LogP contribution in [0.25, 0.3) is 0 Å². The van der Waals surface area contributed by atoms with Gasteiger partial charge in [0.1, 0.15) is 6.04 Å². The van der Waals surface area contributed by atoms with Crippen LogP contribution in [0.5, 0.6) is 0 Å². The van der Waals surface area contributed by atoms with Crippen molar-refractivity contribution in [2.45, 2.75) is 37.9 Å². The van der Waals surface area contributed by atoms with Gasteiger partial charge in [-0.1, -0.05) is 18.2 Å². The summed E-state index contributed by atoms with van der Waals surface area (Å²) in [7, 11) is 0. The first kappa shape index (κ1) is 18.2. The standard InChI is InChI=1S/C20H23N5O3/c26-17(21-9-3-11-24-12-4-10-23-24)13-22-19(27)18-15-5-1-2-6-16(15)20(28)25(18)14-7-8-14/h1-2,4-6,10,12,14,18H,3,7-9,11,13H2,(H,21,26)(H,22,27). The summed E-state index contributed by atoms with van der Waals surface area (Å²) in [5.74, 6) is -0.650. The molecule has 1 fully saturated rings. The Morgan fingerprint density at radius 3 is 2.71 bits per heavy atom. The SMILES string of the molecule is O=C(CNC(=O)C1c2ccccc2C(=O)N1C1CC1)NCCCn1cccn1. The minimum atomic E-state index is -0.649. The minimum Gasteiger partial charge on any atom is -0.355 e. The number of nitrogens with zero attached hydrogens (tertiary/aromatic N) is 3. The fraction of sp³-hybridized carbons (Fsp3) is 0.400. The first-order valence-corrected chi connectivity index (χ1v) is 9.58. The molecule has 1 aromatic heterocycles. The van der Waals surface area contributed by atoms with Crippen molar-refractivity contribution in [3.05, 3.63) is 53.9 Å². The Balaban J connectivity index is 1.29. The van der Waals surface area contributed by atoms with Gasteiger partial charge in [0.15, 0.2) is 0 Å². The third-order valence-electron chi connectivity index (χ3n) is 5.06. The third-order valence-corrected chi connectivity index (χ3v) is 5.06. The zero-order valence-corrected chi connectivity index (χ0v) is 15.5. The number of benzene rings is 1. The zero-order chi connectivity index (χ0) is 19.5. The number of aromatic nitrogens is 2. The molecule has 0 saturated heterocycles. The molecule has 4 rings (SSSR count). The highest BCUT2D eigenvalue weighted by Crippen LogP contribution is 2.41. The van der Waals surface area contributed by atoms with Crippen LogP contribution in [0.3, 0.4) is 0 Å². The first-order valence-electron chi connectivity index (χ1n) is 9.58. The molecule has 28 heavy (non-hydrogen) atoms. The number of carbonyl (C=O) groups is 3. The summed E-state index contributed by atoms with van der Waals surface area (Å²) >= 11 is 0. The summed E-state index contributed by atoms with van der Waals surface area (Å²) in [6, 6.07) is 8.52.